The summed E-state index contributed by atoms with van der Waals surface area (Å²) in [5.74, 6) is -0.0483. The molecule has 0 fully saturated rings. The highest BCUT2D eigenvalue weighted by atomic mass is 16.1. The van der Waals surface area contributed by atoms with Crippen LogP contribution in [0.1, 0.15) is 38.3 Å². The number of aromatic nitrogens is 1. The number of hydrogen-bond acceptors (Lipinski definition) is 2. The summed E-state index contributed by atoms with van der Waals surface area (Å²) in [6.45, 7) is 9.01. The summed E-state index contributed by atoms with van der Waals surface area (Å²) >= 11 is 0. The molecule has 28 heavy (non-hydrogen) atoms. The molecule has 146 valence electrons. The molecule has 1 heterocycles. The van der Waals surface area contributed by atoms with Gasteiger partial charge in [0, 0.05) is 35.6 Å². The monoisotopic (exact) mass is 376 g/mol. The highest BCUT2D eigenvalue weighted by Gasteiger charge is 2.14. The quantitative estimate of drug-likeness (QED) is 0.687. The molecule has 0 radical (unpaired) electrons. The van der Waals surface area contributed by atoms with Crippen molar-refractivity contribution in [2.75, 3.05) is 5.32 Å². The summed E-state index contributed by atoms with van der Waals surface area (Å²) in [4.78, 5) is 25.3. The van der Waals surface area contributed by atoms with Gasteiger partial charge in [0.2, 0.25) is 5.91 Å². The summed E-state index contributed by atoms with van der Waals surface area (Å²) in [6, 6.07) is 15.6. The molecule has 2 aromatic carbocycles. The van der Waals surface area contributed by atoms with E-state index in [4.69, 9.17) is 0 Å². The number of nitrogens with one attached hydrogen (secondary N) is 1. The largest absolute Gasteiger partial charge is 0.326 e. The number of carbonyl (C=O) groups excluding carboxylic acids is 1. The second-order valence-corrected chi connectivity index (χ2v) is 8.61. The Hall–Kier alpha value is -2.88. The molecule has 1 aromatic heterocycles. The average Bonchev–Trinajstić information content (AvgIpc) is 2.62. The molecule has 1 amide bonds. The lowest BCUT2D eigenvalue weighted by molar-refractivity contribution is -0.116. The first kappa shape index (κ1) is 19.9. The fraction of sp³-hybridized carbons (Fsp3) is 0.333. The molecule has 0 aliphatic carbocycles. The topological polar surface area (TPSA) is 51.1 Å². The lowest BCUT2D eigenvalue weighted by Crippen LogP contribution is -2.26. The Morgan fingerprint density at radius 2 is 1.79 bits per heavy atom. The van der Waals surface area contributed by atoms with Crippen molar-refractivity contribution < 1.29 is 4.79 Å². The van der Waals surface area contributed by atoms with E-state index in [2.05, 4.69) is 32.2 Å². The van der Waals surface area contributed by atoms with Gasteiger partial charge < -0.3 is 9.88 Å². The van der Waals surface area contributed by atoms with E-state index in [1.165, 1.54) is 5.56 Å². The van der Waals surface area contributed by atoms with Gasteiger partial charge in [0.1, 0.15) is 0 Å². The predicted molar refractivity (Wildman–Crippen MR) is 116 cm³/mol. The molecule has 3 aromatic rings. The van der Waals surface area contributed by atoms with Gasteiger partial charge in [-0.2, -0.15) is 0 Å². The SMILES string of the molecule is Cc1cccc(CCC(=O)Nc2cccc3c(=O)n(CC(C)(C)C)ccc23)c1. The summed E-state index contributed by atoms with van der Waals surface area (Å²) in [5, 5.41) is 4.38. The van der Waals surface area contributed by atoms with Gasteiger partial charge in [-0.25, -0.2) is 0 Å². The fourth-order valence-corrected chi connectivity index (χ4v) is 3.40. The minimum absolute atomic E-state index is 0.0130. The molecule has 0 aliphatic rings. The fourth-order valence-electron chi connectivity index (χ4n) is 3.40. The van der Waals surface area contributed by atoms with E-state index < -0.39 is 0 Å². The van der Waals surface area contributed by atoms with E-state index in [1.807, 2.05) is 55.6 Å². The third-order valence-electron chi connectivity index (χ3n) is 4.66. The van der Waals surface area contributed by atoms with Crippen molar-refractivity contribution in [2.45, 2.75) is 47.1 Å². The normalized spacial score (nSPS) is 11.6. The van der Waals surface area contributed by atoms with Crippen molar-refractivity contribution in [3.8, 4) is 0 Å². The van der Waals surface area contributed by atoms with E-state index in [1.54, 1.807) is 4.57 Å². The number of benzene rings is 2. The zero-order valence-electron chi connectivity index (χ0n) is 17.1. The summed E-state index contributed by atoms with van der Waals surface area (Å²) < 4.78 is 1.74. The zero-order valence-corrected chi connectivity index (χ0v) is 17.1. The maximum atomic E-state index is 12.8. The van der Waals surface area contributed by atoms with Crippen LogP contribution in [-0.2, 0) is 17.8 Å². The third kappa shape index (κ3) is 4.89. The van der Waals surface area contributed by atoms with Gasteiger partial charge in [-0.15, -0.1) is 0 Å². The van der Waals surface area contributed by atoms with Crippen LogP contribution in [0.25, 0.3) is 10.8 Å². The van der Waals surface area contributed by atoms with Gasteiger partial charge in [0.15, 0.2) is 0 Å². The minimum atomic E-state index is -0.0483. The van der Waals surface area contributed by atoms with Crippen LogP contribution in [0.15, 0.2) is 59.5 Å². The van der Waals surface area contributed by atoms with E-state index in [9.17, 15) is 9.59 Å². The van der Waals surface area contributed by atoms with Crippen LogP contribution in [0.5, 0.6) is 0 Å². The number of fused-ring (bicyclic) bond motifs is 1. The first-order valence-electron chi connectivity index (χ1n) is 9.70. The zero-order chi connectivity index (χ0) is 20.3. The molecule has 0 saturated heterocycles. The number of anilines is 1. The Morgan fingerprint density at radius 3 is 2.50 bits per heavy atom. The highest BCUT2D eigenvalue weighted by molar-refractivity contribution is 6.01. The van der Waals surface area contributed by atoms with E-state index in [0.717, 1.165) is 10.9 Å². The van der Waals surface area contributed by atoms with E-state index in [0.29, 0.717) is 30.5 Å². The highest BCUT2D eigenvalue weighted by Crippen LogP contribution is 2.22. The number of hydrogen-bond donors (Lipinski definition) is 1. The van der Waals surface area contributed by atoms with Gasteiger partial charge in [-0.05, 0) is 42.5 Å². The molecule has 1 N–H and O–H groups in total. The van der Waals surface area contributed by atoms with Gasteiger partial charge >= 0.3 is 0 Å². The van der Waals surface area contributed by atoms with Crippen LogP contribution < -0.4 is 10.9 Å². The molecule has 0 unspecified atom stereocenters. The average molecular weight is 377 g/mol. The van der Waals surface area contributed by atoms with Crippen molar-refractivity contribution >= 4 is 22.4 Å². The van der Waals surface area contributed by atoms with Crippen LogP contribution in [0.4, 0.5) is 5.69 Å². The molecule has 0 aliphatic heterocycles. The second kappa shape index (κ2) is 8.01. The number of aryl methyl sites for hydroxylation is 2. The Labute approximate surface area is 166 Å². The van der Waals surface area contributed by atoms with Gasteiger partial charge in [-0.1, -0.05) is 56.7 Å². The van der Waals surface area contributed by atoms with E-state index in [-0.39, 0.29) is 16.9 Å². The van der Waals surface area contributed by atoms with Crippen LogP contribution in [0, 0.1) is 12.3 Å². The van der Waals surface area contributed by atoms with Crippen molar-refractivity contribution in [3.63, 3.8) is 0 Å². The minimum Gasteiger partial charge on any atom is -0.326 e. The molecular weight excluding hydrogens is 348 g/mol. The molecule has 0 saturated carbocycles. The number of nitrogens with zero attached hydrogens (tertiary/aromatic N) is 1. The van der Waals surface area contributed by atoms with Crippen molar-refractivity contribution in [1.29, 1.82) is 0 Å². The summed E-state index contributed by atoms with van der Waals surface area (Å²) in [6.07, 6.45) is 2.91. The van der Waals surface area contributed by atoms with E-state index >= 15 is 0 Å². The van der Waals surface area contributed by atoms with Gasteiger partial charge in [-0.3, -0.25) is 9.59 Å². The predicted octanol–water partition coefficient (Wildman–Crippen LogP) is 4.93. The maximum Gasteiger partial charge on any atom is 0.258 e. The standard InChI is InChI=1S/C24H28N2O2/c1-17-7-5-8-18(15-17)11-12-22(27)25-21-10-6-9-20-19(21)13-14-26(23(20)28)16-24(2,3)4/h5-10,13-15H,11-12,16H2,1-4H3,(H,25,27). The molecule has 3 rings (SSSR count). The number of pyridine rings is 1. The molecule has 0 atom stereocenters. The summed E-state index contributed by atoms with van der Waals surface area (Å²) in [7, 11) is 0. The van der Waals surface area contributed by atoms with Crippen molar-refractivity contribution in [1.82, 2.24) is 4.57 Å². The van der Waals surface area contributed by atoms with Crippen LogP contribution >= 0.6 is 0 Å². The summed E-state index contributed by atoms with van der Waals surface area (Å²) in [5.41, 5.74) is 3.02. The molecule has 0 bridgehead atoms. The van der Waals surface area contributed by atoms with Gasteiger partial charge in [0.25, 0.3) is 5.56 Å². The molecule has 4 heteroatoms. The first-order chi connectivity index (χ1) is 13.2. The lowest BCUT2D eigenvalue weighted by atomic mass is 9.96. The number of amides is 1. The van der Waals surface area contributed by atoms with Crippen molar-refractivity contribution in [3.05, 3.63) is 76.2 Å². The van der Waals surface area contributed by atoms with Crippen LogP contribution in [0.2, 0.25) is 0 Å². The lowest BCUT2D eigenvalue weighted by Gasteiger charge is -2.20. The van der Waals surface area contributed by atoms with Crippen LogP contribution in [0.3, 0.4) is 0 Å². The molecule has 0 spiro atoms. The Bertz CT molecular complexity index is 1060. The Kier molecular flexibility index (Phi) is 5.68. The molecule has 4 nitrogen and oxygen atoms in total. The molecular formula is C24H28N2O2. The maximum absolute atomic E-state index is 12.8. The first-order valence-corrected chi connectivity index (χ1v) is 9.70. The Morgan fingerprint density at radius 1 is 1.04 bits per heavy atom. The number of rotatable bonds is 5. The van der Waals surface area contributed by atoms with Crippen molar-refractivity contribution in [2.24, 2.45) is 5.41 Å². The second-order valence-electron chi connectivity index (χ2n) is 8.61. The van der Waals surface area contributed by atoms with Crippen LogP contribution in [-0.4, -0.2) is 10.5 Å². The Balaban J connectivity index is 1.78. The van der Waals surface area contributed by atoms with Gasteiger partial charge in [0.05, 0.1) is 0 Å². The smallest absolute Gasteiger partial charge is 0.258 e. The number of carbonyl (C=O) groups is 1. The third-order valence-corrected chi connectivity index (χ3v) is 4.66.